The van der Waals surface area contributed by atoms with Gasteiger partial charge in [-0.3, -0.25) is 9.59 Å². The quantitative estimate of drug-likeness (QED) is 0.617. The van der Waals surface area contributed by atoms with Crippen LogP contribution in [-0.4, -0.2) is 66.0 Å². The van der Waals surface area contributed by atoms with Gasteiger partial charge in [-0.25, -0.2) is 4.79 Å². The van der Waals surface area contributed by atoms with E-state index in [1.54, 1.807) is 9.80 Å². The summed E-state index contributed by atoms with van der Waals surface area (Å²) in [6.45, 7) is 8.09. The third kappa shape index (κ3) is 5.48. The lowest BCUT2D eigenvalue weighted by Gasteiger charge is -2.43. The van der Waals surface area contributed by atoms with Crippen LogP contribution in [0.5, 0.6) is 0 Å². The largest absolute Gasteiger partial charge is 0.354 e. The summed E-state index contributed by atoms with van der Waals surface area (Å²) in [6.07, 6.45) is 2.00. The lowest BCUT2D eigenvalue weighted by molar-refractivity contribution is -0.137. The summed E-state index contributed by atoms with van der Waals surface area (Å²) in [5, 5.41) is 5.94. The van der Waals surface area contributed by atoms with Gasteiger partial charge in [0.2, 0.25) is 5.91 Å². The van der Waals surface area contributed by atoms with Crippen LogP contribution in [0.15, 0.2) is 54.6 Å². The molecule has 2 aliphatic heterocycles. The van der Waals surface area contributed by atoms with Gasteiger partial charge >= 0.3 is 6.03 Å². The zero-order chi connectivity index (χ0) is 25.7. The first-order valence-electron chi connectivity index (χ1n) is 12.8. The van der Waals surface area contributed by atoms with Crippen LogP contribution in [0.4, 0.5) is 16.2 Å². The molecule has 2 heterocycles. The van der Waals surface area contributed by atoms with Crippen LogP contribution in [0.2, 0.25) is 0 Å². The molecule has 2 N–H and O–H groups in total. The molecule has 0 aromatic heterocycles. The van der Waals surface area contributed by atoms with E-state index >= 15 is 0 Å². The number of aryl methyl sites for hydroxylation is 1. The van der Waals surface area contributed by atoms with E-state index in [9.17, 15) is 14.4 Å². The zero-order valence-electron chi connectivity index (χ0n) is 21.5. The topological polar surface area (TPSA) is 85.0 Å². The van der Waals surface area contributed by atoms with Crippen molar-refractivity contribution in [3.63, 3.8) is 0 Å². The molecule has 192 valence electrons. The van der Waals surface area contributed by atoms with Gasteiger partial charge in [0.05, 0.1) is 6.67 Å². The number of urea groups is 1. The van der Waals surface area contributed by atoms with E-state index in [0.29, 0.717) is 45.1 Å². The first kappa shape index (κ1) is 25.5. The Hall–Kier alpha value is -3.55. The minimum Gasteiger partial charge on any atom is -0.354 e. The van der Waals surface area contributed by atoms with Gasteiger partial charge in [0, 0.05) is 31.0 Å². The predicted molar refractivity (Wildman–Crippen MR) is 142 cm³/mol. The van der Waals surface area contributed by atoms with Crippen molar-refractivity contribution < 1.29 is 14.4 Å². The number of benzene rings is 2. The Kier molecular flexibility index (Phi) is 7.82. The molecule has 36 heavy (non-hydrogen) atoms. The summed E-state index contributed by atoms with van der Waals surface area (Å²) in [6, 6.07) is 17.4. The van der Waals surface area contributed by atoms with Gasteiger partial charge in [0.1, 0.15) is 12.1 Å². The molecule has 2 aliphatic rings. The van der Waals surface area contributed by atoms with E-state index in [-0.39, 0.29) is 24.4 Å². The molecule has 8 nitrogen and oxygen atoms in total. The van der Waals surface area contributed by atoms with Crippen molar-refractivity contribution in [3.8, 4) is 0 Å². The first-order valence-corrected chi connectivity index (χ1v) is 12.8. The summed E-state index contributed by atoms with van der Waals surface area (Å²) in [5.74, 6) is 0.220. The highest BCUT2D eigenvalue weighted by atomic mass is 16.2. The Morgan fingerprint density at radius 2 is 1.78 bits per heavy atom. The summed E-state index contributed by atoms with van der Waals surface area (Å²) >= 11 is 0. The SMILES string of the molecule is CCC(C)CNC(=O)CN1CN(c2ccccc2)C2(CCN(C(=O)Nc3cccc(C)c3)CC2)C1=O. The van der Waals surface area contributed by atoms with E-state index in [0.717, 1.165) is 23.4 Å². The lowest BCUT2D eigenvalue weighted by atomic mass is 9.85. The number of piperidine rings is 1. The molecule has 2 saturated heterocycles. The van der Waals surface area contributed by atoms with Crippen molar-refractivity contribution in [2.75, 3.05) is 43.1 Å². The number of anilines is 2. The number of amides is 4. The molecule has 0 aliphatic carbocycles. The molecule has 8 heteroatoms. The highest BCUT2D eigenvalue weighted by Crippen LogP contribution is 2.39. The van der Waals surface area contributed by atoms with Gasteiger partial charge in [-0.1, -0.05) is 50.6 Å². The maximum Gasteiger partial charge on any atom is 0.321 e. The Bertz CT molecular complexity index is 1080. The van der Waals surface area contributed by atoms with Crippen molar-refractivity contribution in [2.45, 2.75) is 45.6 Å². The number of rotatable bonds is 7. The average Bonchev–Trinajstić information content (AvgIpc) is 3.14. The van der Waals surface area contributed by atoms with Crippen LogP contribution in [0.25, 0.3) is 0 Å². The second kappa shape index (κ2) is 11.0. The zero-order valence-corrected chi connectivity index (χ0v) is 21.5. The molecule has 2 aromatic rings. The summed E-state index contributed by atoms with van der Waals surface area (Å²) in [4.78, 5) is 44.9. The third-order valence-corrected chi connectivity index (χ3v) is 7.41. The Morgan fingerprint density at radius 3 is 2.44 bits per heavy atom. The minimum absolute atomic E-state index is 0.0382. The normalized spacial score (nSPS) is 17.9. The molecule has 0 saturated carbocycles. The number of nitrogens with zero attached hydrogens (tertiary/aromatic N) is 3. The van der Waals surface area contributed by atoms with Crippen LogP contribution in [0.1, 0.15) is 38.7 Å². The molecule has 4 amide bonds. The number of carbonyl (C=O) groups excluding carboxylic acids is 3. The lowest BCUT2D eigenvalue weighted by Crippen LogP contribution is -2.58. The second-order valence-electron chi connectivity index (χ2n) is 10.0. The second-order valence-corrected chi connectivity index (χ2v) is 10.0. The summed E-state index contributed by atoms with van der Waals surface area (Å²) in [7, 11) is 0. The van der Waals surface area contributed by atoms with Crippen molar-refractivity contribution in [2.24, 2.45) is 5.92 Å². The first-order chi connectivity index (χ1) is 17.3. The number of nitrogens with one attached hydrogen (secondary N) is 2. The van der Waals surface area contributed by atoms with E-state index in [1.165, 1.54) is 0 Å². The number of carbonyl (C=O) groups is 3. The molecule has 1 spiro atoms. The van der Waals surface area contributed by atoms with Gasteiger partial charge in [0.25, 0.3) is 5.91 Å². The highest BCUT2D eigenvalue weighted by molar-refractivity contribution is 5.97. The number of hydrogen-bond donors (Lipinski definition) is 2. The number of para-hydroxylation sites is 1. The Labute approximate surface area is 213 Å². The molecule has 1 unspecified atom stereocenters. The fourth-order valence-electron chi connectivity index (χ4n) is 4.99. The number of likely N-dealkylation sites (tertiary alicyclic amines) is 1. The number of hydrogen-bond acceptors (Lipinski definition) is 4. The van der Waals surface area contributed by atoms with Gasteiger partial charge in [-0.15, -0.1) is 0 Å². The molecule has 4 rings (SSSR count). The van der Waals surface area contributed by atoms with E-state index in [4.69, 9.17) is 0 Å². The molecular weight excluding hydrogens is 454 g/mol. The fourth-order valence-corrected chi connectivity index (χ4v) is 4.99. The standard InChI is InChI=1S/C28H37N5O3/c1-4-21(2)18-29-25(34)19-32-20-33(24-11-6-5-7-12-24)28(26(32)35)13-15-31(16-14-28)27(36)30-23-10-8-9-22(3)17-23/h5-12,17,21H,4,13-16,18-20H2,1-3H3,(H,29,34)(H,30,36). The van der Waals surface area contributed by atoms with Crippen LogP contribution in [-0.2, 0) is 9.59 Å². The summed E-state index contributed by atoms with van der Waals surface area (Å²) < 4.78 is 0. The third-order valence-electron chi connectivity index (χ3n) is 7.41. The van der Waals surface area contributed by atoms with Gasteiger partial charge in [-0.05, 0) is 55.5 Å². The van der Waals surface area contributed by atoms with E-state index in [1.807, 2.05) is 61.5 Å². The van der Waals surface area contributed by atoms with Crippen LogP contribution in [0, 0.1) is 12.8 Å². The molecule has 2 aromatic carbocycles. The van der Waals surface area contributed by atoms with Gasteiger partial charge in [0.15, 0.2) is 0 Å². The van der Waals surface area contributed by atoms with E-state index in [2.05, 4.69) is 29.4 Å². The van der Waals surface area contributed by atoms with Crippen LogP contribution in [0.3, 0.4) is 0 Å². The Balaban J connectivity index is 1.46. The minimum atomic E-state index is -0.765. The maximum atomic E-state index is 13.8. The smallest absolute Gasteiger partial charge is 0.321 e. The van der Waals surface area contributed by atoms with E-state index < -0.39 is 5.54 Å². The van der Waals surface area contributed by atoms with Crippen molar-refractivity contribution >= 4 is 29.2 Å². The molecule has 2 fully saturated rings. The molecule has 0 bridgehead atoms. The van der Waals surface area contributed by atoms with Crippen molar-refractivity contribution in [1.29, 1.82) is 0 Å². The van der Waals surface area contributed by atoms with Crippen molar-refractivity contribution in [1.82, 2.24) is 15.1 Å². The van der Waals surface area contributed by atoms with Gasteiger partial charge < -0.3 is 25.3 Å². The highest BCUT2D eigenvalue weighted by Gasteiger charge is 2.54. The van der Waals surface area contributed by atoms with Crippen molar-refractivity contribution in [3.05, 3.63) is 60.2 Å². The molecule has 0 radical (unpaired) electrons. The van der Waals surface area contributed by atoms with Crippen LogP contribution < -0.4 is 15.5 Å². The average molecular weight is 492 g/mol. The Morgan fingerprint density at radius 1 is 1.06 bits per heavy atom. The predicted octanol–water partition coefficient (Wildman–Crippen LogP) is 3.83. The molecular formula is C28H37N5O3. The summed E-state index contributed by atoms with van der Waals surface area (Å²) in [5.41, 5.74) is 2.02. The van der Waals surface area contributed by atoms with Gasteiger partial charge in [-0.2, -0.15) is 0 Å². The maximum absolute atomic E-state index is 13.8. The fraction of sp³-hybridized carbons (Fsp3) is 0.464. The monoisotopic (exact) mass is 491 g/mol. The van der Waals surface area contributed by atoms with Crippen LogP contribution >= 0.6 is 0 Å². The molecule has 1 atom stereocenters.